The molecule has 3 heterocycles. The number of benzene rings is 1. The number of anilines is 2. The first-order valence-electron chi connectivity index (χ1n) is 11.2. The highest BCUT2D eigenvalue weighted by molar-refractivity contribution is 7.19. The zero-order valence-electron chi connectivity index (χ0n) is 17.4. The summed E-state index contributed by atoms with van der Waals surface area (Å²) in [6.45, 7) is 6.36. The van der Waals surface area contributed by atoms with Crippen LogP contribution in [-0.4, -0.2) is 36.1 Å². The van der Waals surface area contributed by atoms with E-state index in [1.54, 1.807) is 10.4 Å². The van der Waals surface area contributed by atoms with Crippen LogP contribution in [0.2, 0.25) is 0 Å². The molecule has 0 amide bonds. The zero-order chi connectivity index (χ0) is 19.6. The van der Waals surface area contributed by atoms with Gasteiger partial charge in [-0.1, -0.05) is 31.5 Å². The molecule has 0 radical (unpaired) electrons. The molecule has 1 saturated heterocycles. The summed E-state index contributed by atoms with van der Waals surface area (Å²) >= 11 is 1.94. The molecular formula is C24H30N4S. The highest BCUT2D eigenvalue weighted by Gasteiger charge is 2.25. The summed E-state index contributed by atoms with van der Waals surface area (Å²) < 4.78 is 0. The molecule has 3 aromatic rings. The number of nitrogens with zero attached hydrogens (tertiary/aromatic N) is 4. The van der Waals surface area contributed by atoms with Gasteiger partial charge in [0, 0.05) is 43.2 Å². The molecule has 1 aromatic carbocycles. The number of rotatable bonds is 4. The van der Waals surface area contributed by atoms with Crippen LogP contribution in [0.4, 0.5) is 11.5 Å². The fraction of sp³-hybridized carbons (Fsp3) is 0.500. The fourth-order valence-corrected chi connectivity index (χ4v) is 6.01. The first-order valence-corrected chi connectivity index (χ1v) is 12.0. The van der Waals surface area contributed by atoms with Gasteiger partial charge in [0.2, 0.25) is 0 Å². The van der Waals surface area contributed by atoms with Crippen LogP contribution < -0.4 is 9.80 Å². The Kier molecular flexibility index (Phi) is 5.40. The summed E-state index contributed by atoms with van der Waals surface area (Å²) in [6.07, 6.45) is 8.45. The lowest BCUT2D eigenvalue weighted by molar-refractivity contribution is 0.646. The van der Waals surface area contributed by atoms with Crippen molar-refractivity contribution in [3.05, 3.63) is 46.6 Å². The van der Waals surface area contributed by atoms with Gasteiger partial charge in [-0.2, -0.15) is 0 Å². The average molecular weight is 407 g/mol. The molecule has 2 aliphatic rings. The highest BCUT2D eigenvalue weighted by atomic mass is 32.1. The molecule has 0 atom stereocenters. The zero-order valence-corrected chi connectivity index (χ0v) is 18.2. The molecule has 1 aliphatic heterocycles. The van der Waals surface area contributed by atoms with Crippen LogP contribution in [0.25, 0.3) is 10.2 Å². The molecule has 0 N–H and O–H groups in total. The maximum Gasteiger partial charge on any atom is 0.141 e. The maximum atomic E-state index is 5.13. The molecule has 152 valence electrons. The van der Waals surface area contributed by atoms with E-state index < -0.39 is 0 Å². The highest BCUT2D eigenvalue weighted by Crippen LogP contribution is 2.39. The van der Waals surface area contributed by atoms with E-state index in [1.165, 1.54) is 53.8 Å². The van der Waals surface area contributed by atoms with Crippen LogP contribution in [0.1, 0.15) is 48.9 Å². The number of para-hydroxylation sites is 1. The third kappa shape index (κ3) is 3.73. The number of aryl methyl sites for hydroxylation is 3. The monoisotopic (exact) mass is 406 g/mol. The number of thiophene rings is 1. The second-order valence-corrected chi connectivity index (χ2v) is 9.35. The van der Waals surface area contributed by atoms with Gasteiger partial charge in [0.1, 0.15) is 16.5 Å². The van der Waals surface area contributed by atoms with Gasteiger partial charge in [0.15, 0.2) is 0 Å². The quantitative estimate of drug-likeness (QED) is 0.555. The minimum Gasteiger partial charge on any atom is -0.368 e. The third-order valence-electron chi connectivity index (χ3n) is 6.27. The lowest BCUT2D eigenvalue weighted by atomic mass is 10.1. The Morgan fingerprint density at radius 1 is 0.897 bits per heavy atom. The topological polar surface area (TPSA) is 32.3 Å². The van der Waals surface area contributed by atoms with Gasteiger partial charge in [-0.25, -0.2) is 9.97 Å². The van der Waals surface area contributed by atoms with E-state index in [0.29, 0.717) is 0 Å². The Bertz CT molecular complexity index is 973. The first-order chi connectivity index (χ1) is 14.3. The minimum absolute atomic E-state index is 0.968. The van der Waals surface area contributed by atoms with Crippen LogP contribution in [0.5, 0.6) is 0 Å². The van der Waals surface area contributed by atoms with E-state index in [4.69, 9.17) is 9.97 Å². The smallest absolute Gasteiger partial charge is 0.141 e. The van der Waals surface area contributed by atoms with Gasteiger partial charge in [-0.15, -0.1) is 11.3 Å². The van der Waals surface area contributed by atoms with Crippen molar-refractivity contribution in [3.8, 4) is 0 Å². The molecule has 1 aliphatic carbocycles. The summed E-state index contributed by atoms with van der Waals surface area (Å²) in [6, 6.07) is 10.8. The minimum atomic E-state index is 0.968. The number of hydrogen-bond donors (Lipinski definition) is 0. The van der Waals surface area contributed by atoms with Crippen LogP contribution in [-0.2, 0) is 19.3 Å². The van der Waals surface area contributed by atoms with Gasteiger partial charge in [-0.3, -0.25) is 0 Å². The van der Waals surface area contributed by atoms with Crippen LogP contribution in [0.3, 0.4) is 0 Å². The summed E-state index contributed by atoms with van der Waals surface area (Å²) in [5.74, 6) is 2.24. The van der Waals surface area contributed by atoms with Gasteiger partial charge in [0.05, 0.1) is 5.39 Å². The van der Waals surface area contributed by atoms with Crippen LogP contribution >= 0.6 is 11.3 Å². The number of piperazine rings is 1. The van der Waals surface area contributed by atoms with Gasteiger partial charge in [-0.05, 0) is 49.8 Å². The molecule has 0 spiro atoms. The maximum absolute atomic E-state index is 5.13. The number of fused-ring (bicyclic) bond motifs is 3. The Balaban J connectivity index is 1.49. The van der Waals surface area contributed by atoms with Crippen molar-refractivity contribution < 1.29 is 0 Å². The summed E-state index contributed by atoms with van der Waals surface area (Å²) in [4.78, 5) is 17.9. The van der Waals surface area contributed by atoms with E-state index >= 15 is 0 Å². The predicted molar refractivity (Wildman–Crippen MR) is 124 cm³/mol. The Morgan fingerprint density at radius 3 is 2.45 bits per heavy atom. The van der Waals surface area contributed by atoms with Crippen molar-refractivity contribution in [2.75, 3.05) is 36.0 Å². The number of hydrogen-bond acceptors (Lipinski definition) is 5. The second-order valence-electron chi connectivity index (χ2n) is 8.27. The molecule has 4 nitrogen and oxygen atoms in total. The summed E-state index contributed by atoms with van der Waals surface area (Å²) in [5.41, 5.74) is 2.89. The molecule has 0 unspecified atom stereocenters. The first kappa shape index (κ1) is 18.9. The van der Waals surface area contributed by atoms with Gasteiger partial charge in [0.25, 0.3) is 0 Å². The third-order valence-corrected chi connectivity index (χ3v) is 7.45. The summed E-state index contributed by atoms with van der Waals surface area (Å²) in [5, 5.41) is 1.37. The number of aromatic nitrogens is 2. The molecule has 1 fully saturated rings. The predicted octanol–water partition coefficient (Wildman–Crippen LogP) is 5.24. The largest absolute Gasteiger partial charge is 0.368 e. The van der Waals surface area contributed by atoms with Gasteiger partial charge < -0.3 is 9.80 Å². The Hall–Kier alpha value is -2.14. The molecule has 5 heteroatoms. The fourth-order valence-electron chi connectivity index (χ4n) is 4.74. The average Bonchev–Trinajstić information content (AvgIpc) is 2.95. The van der Waals surface area contributed by atoms with Crippen LogP contribution in [0.15, 0.2) is 30.3 Å². The molecular weight excluding hydrogens is 376 g/mol. The molecule has 0 bridgehead atoms. The normalized spacial score (nSPS) is 17.4. The van der Waals surface area contributed by atoms with Crippen molar-refractivity contribution in [1.29, 1.82) is 0 Å². The van der Waals surface area contributed by atoms with E-state index in [9.17, 15) is 0 Å². The molecule has 29 heavy (non-hydrogen) atoms. The van der Waals surface area contributed by atoms with E-state index in [1.807, 2.05) is 11.3 Å². The standard InChI is InChI=1S/C24H30N4S/c1-2-9-21-25-23(22-19-12-7-4-8-13-20(19)29-24(22)26-21)28-16-14-27(15-17-28)18-10-5-3-6-11-18/h3,5-6,10-11H,2,4,7-9,12-17H2,1H3. The lowest BCUT2D eigenvalue weighted by Crippen LogP contribution is -2.47. The second kappa shape index (κ2) is 8.31. The van der Waals surface area contributed by atoms with Crippen molar-refractivity contribution in [2.45, 2.75) is 51.9 Å². The molecule has 0 saturated carbocycles. The molecule has 2 aromatic heterocycles. The van der Waals surface area contributed by atoms with Crippen LogP contribution in [0, 0.1) is 0 Å². The van der Waals surface area contributed by atoms with Crippen molar-refractivity contribution in [2.24, 2.45) is 0 Å². The molecule has 5 rings (SSSR count). The van der Waals surface area contributed by atoms with Crippen molar-refractivity contribution >= 4 is 33.1 Å². The lowest BCUT2D eigenvalue weighted by Gasteiger charge is -2.37. The van der Waals surface area contributed by atoms with Gasteiger partial charge >= 0.3 is 0 Å². The SMILES string of the molecule is CCCc1nc(N2CCN(c3ccccc3)CC2)c2c3c(sc2n1)CCCCC3. The van der Waals surface area contributed by atoms with Crippen molar-refractivity contribution in [1.82, 2.24) is 9.97 Å². The summed E-state index contributed by atoms with van der Waals surface area (Å²) in [7, 11) is 0. The van der Waals surface area contributed by atoms with Crippen molar-refractivity contribution in [3.63, 3.8) is 0 Å². The Morgan fingerprint density at radius 2 is 1.66 bits per heavy atom. The van der Waals surface area contributed by atoms with E-state index in [-0.39, 0.29) is 0 Å². The van der Waals surface area contributed by atoms with E-state index in [0.717, 1.165) is 44.8 Å². The Labute approximate surface area is 177 Å². The van der Waals surface area contributed by atoms with E-state index in [2.05, 4.69) is 47.1 Å².